The summed E-state index contributed by atoms with van der Waals surface area (Å²) in [7, 11) is 0. The van der Waals surface area contributed by atoms with Gasteiger partial charge in [-0.3, -0.25) is 4.79 Å². The summed E-state index contributed by atoms with van der Waals surface area (Å²) in [6.07, 6.45) is 17.4. The molecule has 3 heteroatoms. The van der Waals surface area contributed by atoms with Gasteiger partial charge in [-0.05, 0) is 26.2 Å². The van der Waals surface area contributed by atoms with Crippen LogP contribution in [0.15, 0.2) is 12.2 Å². The van der Waals surface area contributed by atoms with Crippen molar-refractivity contribution >= 4 is 5.97 Å². The van der Waals surface area contributed by atoms with Gasteiger partial charge in [0.2, 0.25) is 0 Å². The quantitative estimate of drug-likeness (QED) is 0.428. The van der Waals surface area contributed by atoms with Gasteiger partial charge in [-0.25, -0.2) is 0 Å². The van der Waals surface area contributed by atoms with Crippen LogP contribution in [0.5, 0.6) is 0 Å². The Morgan fingerprint density at radius 3 is 1.63 bits per heavy atom. The van der Waals surface area contributed by atoms with Crippen LogP contribution in [-0.4, -0.2) is 22.8 Å². The molecule has 0 spiro atoms. The van der Waals surface area contributed by atoms with E-state index in [2.05, 4.69) is 19.1 Å². The van der Waals surface area contributed by atoms with Crippen molar-refractivity contribution in [2.75, 3.05) is 6.61 Å². The van der Waals surface area contributed by atoms with E-state index in [1.165, 1.54) is 57.8 Å². The highest BCUT2D eigenvalue weighted by Crippen LogP contribution is 2.10. The molecule has 0 unspecified atom stereocenters. The molecule has 0 radical (unpaired) electrons. The molecular formula is C16H32O3. The Balaban J connectivity index is 0. The topological polar surface area (TPSA) is 57.5 Å². The fourth-order valence-electron chi connectivity index (χ4n) is 1.78. The molecular weight excluding hydrogens is 240 g/mol. The Morgan fingerprint density at radius 2 is 1.26 bits per heavy atom. The lowest BCUT2D eigenvalue weighted by atomic mass is 10.1. The van der Waals surface area contributed by atoms with Crippen molar-refractivity contribution in [1.29, 1.82) is 0 Å². The first-order valence-electron chi connectivity index (χ1n) is 7.56. The summed E-state index contributed by atoms with van der Waals surface area (Å²) in [4.78, 5) is 9.00. The standard InChI is InChI=1S/C14H28O.C2H4O2/c1-2-3-4-5-6-7-8-9-10-11-12-13-14-15;1-2(3)4/h2-3,15H,4-14H2,1H3;1H3,(H,3,4). The van der Waals surface area contributed by atoms with Crippen molar-refractivity contribution in [3.8, 4) is 0 Å². The van der Waals surface area contributed by atoms with E-state index in [1.807, 2.05) is 0 Å². The molecule has 0 aromatic rings. The Bertz CT molecular complexity index is 196. The van der Waals surface area contributed by atoms with E-state index in [1.54, 1.807) is 0 Å². The van der Waals surface area contributed by atoms with Gasteiger partial charge in [0.25, 0.3) is 5.97 Å². The van der Waals surface area contributed by atoms with Crippen molar-refractivity contribution < 1.29 is 15.0 Å². The summed E-state index contributed by atoms with van der Waals surface area (Å²) in [5.74, 6) is -0.833. The molecule has 0 rings (SSSR count). The van der Waals surface area contributed by atoms with E-state index >= 15 is 0 Å². The zero-order chi connectivity index (χ0) is 14.8. The molecule has 0 bridgehead atoms. The summed E-state index contributed by atoms with van der Waals surface area (Å²) < 4.78 is 0. The van der Waals surface area contributed by atoms with Gasteiger partial charge in [0.1, 0.15) is 0 Å². The Morgan fingerprint density at radius 1 is 0.895 bits per heavy atom. The van der Waals surface area contributed by atoms with Gasteiger partial charge in [0, 0.05) is 13.5 Å². The lowest BCUT2D eigenvalue weighted by molar-refractivity contribution is -0.134. The number of rotatable bonds is 11. The monoisotopic (exact) mass is 272 g/mol. The minimum absolute atomic E-state index is 0.366. The molecule has 2 N–H and O–H groups in total. The highest BCUT2D eigenvalue weighted by molar-refractivity contribution is 5.62. The van der Waals surface area contributed by atoms with Crippen molar-refractivity contribution in [1.82, 2.24) is 0 Å². The number of aliphatic hydroxyl groups excluding tert-OH is 1. The maximum absolute atomic E-state index is 9.00. The highest BCUT2D eigenvalue weighted by atomic mass is 16.4. The van der Waals surface area contributed by atoms with E-state index in [9.17, 15) is 0 Å². The first-order chi connectivity index (χ1) is 9.15. The van der Waals surface area contributed by atoms with E-state index in [-0.39, 0.29) is 0 Å². The summed E-state index contributed by atoms with van der Waals surface area (Å²) >= 11 is 0. The predicted octanol–water partition coefficient (Wildman–Crippen LogP) is 4.55. The van der Waals surface area contributed by atoms with E-state index < -0.39 is 5.97 Å². The zero-order valence-electron chi connectivity index (χ0n) is 12.7. The van der Waals surface area contributed by atoms with Crippen molar-refractivity contribution in [2.24, 2.45) is 0 Å². The number of aliphatic hydroxyl groups is 1. The van der Waals surface area contributed by atoms with Crippen LogP contribution in [0.2, 0.25) is 0 Å². The predicted molar refractivity (Wildman–Crippen MR) is 81.4 cm³/mol. The second kappa shape index (κ2) is 19.5. The number of carboxylic acids is 1. The molecule has 0 aliphatic carbocycles. The van der Waals surface area contributed by atoms with E-state index in [4.69, 9.17) is 15.0 Å². The van der Waals surface area contributed by atoms with Crippen LogP contribution in [-0.2, 0) is 4.79 Å². The average Bonchev–Trinajstić information content (AvgIpc) is 2.35. The van der Waals surface area contributed by atoms with Gasteiger partial charge in [0.15, 0.2) is 0 Å². The molecule has 0 aromatic heterocycles. The largest absolute Gasteiger partial charge is 0.481 e. The Labute approximate surface area is 118 Å². The fraction of sp³-hybridized carbons (Fsp3) is 0.812. The molecule has 0 saturated heterocycles. The number of hydrogen-bond acceptors (Lipinski definition) is 2. The van der Waals surface area contributed by atoms with Crippen LogP contribution in [0.3, 0.4) is 0 Å². The summed E-state index contributed by atoms with van der Waals surface area (Å²) in [6, 6.07) is 0. The average molecular weight is 272 g/mol. The number of allylic oxidation sites excluding steroid dienone is 2. The van der Waals surface area contributed by atoms with Crippen molar-refractivity contribution in [2.45, 2.75) is 78.1 Å². The molecule has 3 nitrogen and oxygen atoms in total. The maximum Gasteiger partial charge on any atom is 0.300 e. The molecule has 0 heterocycles. The molecule has 0 fully saturated rings. The molecule has 0 saturated carbocycles. The highest BCUT2D eigenvalue weighted by Gasteiger charge is 1.91. The summed E-state index contributed by atoms with van der Waals surface area (Å²) in [5.41, 5.74) is 0. The number of aliphatic carboxylic acids is 1. The molecule has 19 heavy (non-hydrogen) atoms. The van der Waals surface area contributed by atoms with Crippen LogP contribution in [0.1, 0.15) is 78.1 Å². The van der Waals surface area contributed by atoms with Crippen LogP contribution in [0, 0.1) is 0 Å². The number of unbranched alkanes of at least 4 members (excludes halogenated alkanes) is 9. The van der Waals surface area contributed by atoms with E-state index in [0.717, 1.165) is 13.3 Å². The van der Waals surface area contributed by atoms with Crippen molar-refractivity contribution in [3.05, 3.63) is 12.2 Å². The fourth-order valence-corrected chi connectivity index (χ4v) is 1.78. The SMILES string of the molecule is CC(=O)O.CC=CCCCCCCCCCCCO. The normalized spacial score (nSPS) is 10.3. The smallest absolute Gasteiger partial charge is 0.300 e. The lowest BCUT2D eigenvalue weighted by Crippen LogP contribution is -1.84. The summed E-state index contributed by atoms with van der Waals surface area (Å²) in [5, 5.41) is 16.0. The minimum Gasteiger partial charge on any atom is -0.481 e. The lowest BCUT2D eigenvalue weighted by Gasteiger charge is -2.00. The van der Waals surface area contributed by atoms with E-state index in [0.29, 0.717) is 6.61 Å². The second-order valence-corrected chi connectivity index (χ2v) is 4.78. The van der Waals surface area contributed by atoms with Gasteiger partial charge in [-0.2, -0.15) is 0 Å². The van der Waals surface area contributed by atoms with Crippen LogP contribution in [0.4, 0.5) is 0 Å². The van der Waals surface area contributed by atoms with Gasteiger partial charge in [0.05, 0.1) is 0 Å². The number of hydrogen-bond donors (Lipinski definition) is 2. The molecule has 0 aliphatic rings. The molecule has 114 valence electrons. The van der Waals surface area contributed by atoms with Crippen LogP contribution >= 0.6 is 0 Å². The summed E-state index contributed by atoms with van der Waals surface area (Å²) in [6.45, 7) is 3.54. The Hall–Kier alpha value is -0.830. The van der Waals surface area contributed by atoms with Gasteiger partial charge in [-0.1, -0.05) is 57.1 Å². The van der Waals surface area contributed by atoms with Gasteiger partial charge in [-0.15, -0.1) is 0 Å². The third-order valence-electron chi connectivity index (χ3n) is 2.76. The van der Waals surface area contributed by atoms with Crippen LogP contribution in [0.25, 0.3) is 0 Å². The molecule has 0 amide bonds. The molecule has 0 aromatic carbocycles. The first kappa shape index (κ1) is 20.5. The second-order valence-electron chi connectivity index (χ2n) is 4.78. The third kappa shape index (κ3) is 31.7. The first-order valence-corrected chi connectivity index (χ1v) is 7.56. The minimum atomic E-state index is -0.833. The Kier molecular flexibility index (Phi) is 21.0. The third-order valence-corrected chi connectivity index (χ3v) is 2.76. The molecule has 0 aliphatic heterocycles. The van der Waals surface area contributed by atoms with Gasteiger partial charge >= 0.3 is 0 Å². The molecule has 0 atom stereocenters. The van der Waals surface area contributed by atoms with Crippen LogP contribution < -0.4 is 0 Å². The number of carboxylic acid groups (broad SMARTS) is 1. The zero-order valence-corrected chi connectivity index (χ0v) is 12.7. The van der Waals surface area contributed by atoms with Gasteiger partial charge < -0.3 is 10.2 Å². The maximum atomic E-state index is 9.00. The number of carbonyl (C=O) groups is 1. The van der Waals surface area contributed by atoms with Crippen molar-refractivity contribution in [3.63, 3.8) is 0 Å².